The van der Waals surface area contributed by atoms with Gasteiger partial charge in [0.2, 0.25) is 11.8 Å². The summed E-state index contributed by atoms with van der Waals surface area (Å²) in [6.07, 6.45) is 0. The van der Waals surface area contributed by atoms with Crippen LogP contribution in [0.3, 0.4) is 0 Å². The van der Waals surface area contributed by atoms with E-state index < -0.39 is 0 Å². The number of nitrogens with two attached hydrogens (primary N) is 2. The van der Waals surface area contributed by atoms with Crippen LogP contribution in [-0.4, -0.2) is 25.7 Å². The summed E-state index contributed by atoms with van der Waals surface area (Å²) in [5.41, 5.74) is 12.0. The molecule has 0 saturated heterocycles. The van der Waals surface area contributed by atoms with Gasteiger partial charge >= 0.3 is 0 Å². The van der Waals surface area contributed by atoms with Crippen molar-refractivity contribution in [3.8, 4) is 11.8 Å². The van der Waals surface area contributed by atoms with Gasteiger partial charge in [-0.3, -0.25) is 0 Å². The molecule has 0 spiro atoms. The lowest BCUT2D eigenvalue weighted by Crippen LogP contribution is -2.21. The smallest absolute Gasteiger partial charge is 0.221 e. The van der Waals surface area contributed by atoms with E-state index in [1.807, 2.05) is 6.07 Å². The van der Waals surface area contributed by atoms with Crippen LogP contribution in [0.4, 0.5) is 0 Å². The van der Waals surface area contributed by atoms with Crippen molar-refractivity contribution < 1.29 is 9.47 Å². The second-order valence-corrected chi connectivity index (χ2v) is 2.79. The van der Waals surface area contributed by atoms with Crippen molar-refractivity contribution in [3.63, 3.8) is 0 Å². The van der Waals surface area contributed by atoms with E-state index in [9.17, 15) is 0 Å². The highest BCUT2D eigenvalue weighted by Gasteiger charge is 2.12. The van der Waals surface area contributed by atoms with E-state index in [4.69, 9.17) is 20.9 Å². The lowest BCUT2D eigenvalue weighted by molar-refractivity contribution is 0.359. The third kappa shape index (κ3) is 2.12. The number of ether oxygens (including phenoxy) is 2. The van der Waals surface area contributed by atoms with Crippen LogP contribution in [0.25, 0.3) is 0 Å². The van der Waals surface area contributed by atoms with Crippen molar-refractivity contribution in [2.75, 3.05) is 20.8 Å². The molecule has 0 aliphatic heterocycles. The van der Waals surface area contributed by atoms with Gasteiger partial charge in [-0.1, -0.05) is 0 Å². The molecule has 0 aliphatic rings. The van der Waals surface area contributed by atoms with E-state index in [1.54, 1.807) is 13.2 Å². The zero-order chi connectivity index (χ0) is 10.6. The number of aromatic nitrogens is 1. The Morgan fingerprint density at radius 2 is 2.07 bits per heavy atom. The summed E-state index contributed by atoms with van der Waals surface area (Å²) < 4.78 is 10.0. The first kappa shape index (κ1) is 10.7. The van der Waals surface area contributed by atoms with Crippen LogP contribution in [0.5, 0.6) is 11.8 Å². The van der Waals surface area contributed by atoms with Crippen LogP contribution in [0.1, 0.15) is 11.6 Å². The van der Waals surface area contributed by atoms with Crippen molar-refractivity contribution in [2.45, 2.75) is 6.04 Å². The molecule has 0 aliphatic carbocycles. The van der Waals surface area contributed by atoms with Gasteiger partial charge < -0.3 is 20.9 Å². The predicted molar refractivity (Wildman–Crippen MR) is 53.3 cm³/mol. The minimum atomic E-state index is -0.261. The molecular weight excluding hydrogens is 182 g/mol. The second-order valence-electron chi connectivity index (χ2n) is 2.79. The fourth-order valence-corrected chi connectivity index (χ4v) is 1.12. The first-order valence-corrected chi connectivity index (χ1v) is 4.27. The highest BCUT2D eigenvalue weighted by molar-refractivity contribution is 5.33. The van der Waals surface area contributed by atoms with Crippen LogP contribution < -0.4 is 20.9 Å². The molecule has 1 aromatic heterocycles. The number of nitrogens with zero attached hydrogens (tertiary/aromatic N) is 1. The zero-order valence-electron chi connectivity index (χ0n) is 8.36. The monoisotopic (exact) mass is 197 g/mol. The van der Waals surface area contributed by atoms with Gasteiger partial charge in [0, 0.05) is 24.2 Å². The lowest BCUT2D eigenvalue weighted by Gasteiger charge is -2.13. The molecule has 5 heteroatoms. The number of pyridine rings is 1. The maximum Gasteiger partial charge on any atom is 0.221 e. The Bertz CT molecular complexity index is 304. The molecule has 1 atom stereocenters. The standard InChI is InChI=1S/C9H15N3O2/c1-13-8-4-3-6(7(11)5-10)9(12-8)14-2/h3-4,7H,5,10-11H2,1-2H3. The molecule has 1 rings (SSSR count). The third-order valence-corrected chi connectivity index (χ3v) is 1.92. The van der Waals surface area contributed by atoms with Crippen LogP contribution in [-0.2, 0) is 0 Å². The van der Waals surface area contributed by atoms with E-state index in [0.717, 1.165) is 5.56 Å². The summed E-state index contributed by atoms with van der Waals surface area (Å²) in [6.45, 7) is 0.352. The number of methoxy groups -OCH3 is 2. The second kappa shape index (κ2) is 4.78. The maximum atomic E-state index is 5.78. The van der Waals surface area contributed by atoms with Crippen molar-refractivity contribution >= 4 is 0 Å². The fourth-order valence-electron chi connectivity index (χ4n) is 1.12. The number of hydrogen-bond acceptors (Lipinski definition) is 5. The van der Waals surface area contributed by atoms with Gasteiger partial charge in [-0.05, 0) is 6.07 Å². The topological polar surface area (TPSA) is 83.4 Å². The molecule has 4 N–H and O–H groups in total. The summed E-state index contributed by atoms with van der Waals surface area (Å²) in [5.74, 6) is 0.956. The molecule has 0 fully saturated rings. The Morgan fingerprint density at radius 1 is 1.36 bits per heavy atom. The average molecular weight is 197 g/mol. The van der Waals surface area contributed by atoms with E-state index in [0.29, 0.717) is 18.3 Å². The minimum absolute atomic E-state index is 0.261. The molecular formula is C9H15N3O2. The Kier molecular flexibility index (Phi) is 3.67. The average Bonchev–Trinajstić information content (AvgIpc) is 2.27. The Hall–Kier alpha value is -1.33. The van der Waals surface area contributed by atoms with Gasteiger partial charge in [0.05, 0.1) is 14.2 Å². The van der Waals surface area contributed by atoms with Crippen LogP contribution in [0, 0.1) is 0 Å². The predicted octanol–water partition coefficient (Wildman–Crippen LogP) is 0.0573. The van der Waals surface area contributed by atoms with E-state index in [-0.39, 0.29) is 6.04 Å². The van der Waals surface area contributed by atoms with Crippen molar-refractivity contribution in [1.29, 1.82) is 0 Å². The molecule has 0 amide bonds. The molecule has 5 nitrogen and oxygen atoms in total. The quantitative estimate of drug-likeness (QED) is 0.713. The minimum Gasteiger partial charge on any atom is -0.481 e. The third-order valence-electron chi connectivity index (χ3n) is 1.92. The zero-order valence-corrected chi connectivity index (χ0v) is 8.36. The van der Waals surface area contributed by atoms with E-state index in [2.05, 4.69) is 4.98 Å². The first-order chi connectivity index (χ1) is 6.72. The van der Waals surface area contributed by atoms with Crippen molar-refractivity contribution in [3.05, 3.63) is 17.7 Å². The lowest BCUT2D eigenvalue weighted by atomic mass is 10.1. The highest BCUT2D eigenvalue weighted by atomic mass is 16.5. The first-order valence-electron chi connectivity index (χ1n) is 4.27. The van der Waals surface area contributed by atoms with E-state index >= 15 is 0 Å². The summed E-state index contributed by atoms with van der Waals surface area (Å²) >= 11 is 0. The fraction of sp³-hybridized carbons (Fsp3) is 0.444. The van der Waals surface area contributed by atoms with Gasteiger partial charge in [-0.2, -0.15) is 4.98 Å². The molecule has 0 saturated carbocycles. The van der Waals surface area contributed by atoms with Crippen molar-refractivity contribution in [2.24, 2.45) is 11.5 Å². The summed E-state index contributed by atoms with van der Waals surface area (Å²) in [4.78, 5) is 4.10. The Balaban J connectivity index is 3.04. The molecule has 78 valence electrons. The molecule has 0 radical (unpaired) electrons. The molecule has 14 heavy (non-hydrogen) atoms. The Labute approximate surface area is 83.0 Å². The van der Waals surface area contributed by atoms with Gasteiger partial charge in [0.1, 0.15) is 0 Å². The summed E-state index contributed by atoms with van der Waals surface area (Å²) in [5, 5.41) is 0. The summed E-state index contributed by atoms with van der Waals surface area (Å²) in [7, 11) is 3.08. The van der Waals surface area contributed by atoms with Gasteiger partial charge in [0.15, 0.2) is 0 Å². The molecule has 0 aromatic carbocycles. The number of hydrogen-bond donors (Lipinski definition) is 2. The Morgan fingerprint density at radius 3 is 2.57 bits per heavy atom. The molecule has 1 unspecified atom stereocenters. The van der Waals surface area contributed by atoms with Crippen molar-refractivity contribution in [1.82, 2.24) is 4.98 Å². The normalized spacial score (nSPS) is 12.3. The number of rotatable bonds is 4. The SMILES string of the molecule is COc1ccc(C(N)CN)c(OC)n1. The van der Waals surface area contributed by atoms with Gasteiger partial charge in [-0.25, -0.2) is 0 Å². The highest BCUT2D eigenvalue weighted by Crippen LogP contribution is 2.23. The molecule has 1 aromatic rings. The van der Waals surface area contributed by atoms with Crippen LogP contribution in [0.15, 0.2) is 12.1 Å². The van der Waals surface area contributed by atoms with E-state index in [1.165, 1.54) is 7.11 Å². The maximum absolute atomic E-state index is 5.78. The van der Waals surface area contributed by atoms with Crippen LogP contribution in [0.2, 0.25) is 0 Å². The van der Waals surface area contributed by atoms with Crippen LogP contribution >= 0.6 is 0 Å². The summed E-state index contributed by atoms with van der Waals surface area (Å²) in [6, 6.07) is 3.28. The molecule has 0 bridgehead atoms. The van der Waals surface area contributed by atoms with Gasteiger partial charge in [-0.15, -0.1) is 0 Å². The van der Waals surface area contributed by atoms with Gasteiger partial charge in [0.25, 0.3) is 0 Å². The largest absolute Gasteiger partial charge is 0.481 e. The molecule has 1 heterocycles.